The summed E-state index contributed by atoms with van der Waals surface area (Å²) in [4.78, 5) is 0. The van der Waals surface area contributed by atoms with Crippen LogP contribution in [0, 0.1) is 5.92 Å². The summed E-state index contributed by atoms with van der Waals surface area (Å²) in [7, 11) is 1.82. The molecule has 0 amide bonds. The van der Waals surface area contributed by atoms with E-state index in [9.17, 15) is 5.11 Å². The van der Waals surface area contributed by atoms with Crippen LogP contribution in [0.15, 0.2) is 30.5 Å². The maximum absolute atomic E-state index is 10.2. The van der Waals surface area contributed by atoms with E-state index in [2.05, 4.69) is 36.3 Å². The SMILES string of the molecule is CC(C)Cc1ccc(C(O)Cc2cn(C)nn2)cc1. The highest BCUT2D eigenvalue weighted by molar-refractivity contribution is 5.25. The van der Waals surface area contributed by atoms with Crippen LogP contribution in [0.1, 0.15) is 36.8 Å². The monoisotopic (exact) mass is 259 g/mol. The van der Waals surface area contributed by atoms with E-state index < -0.39 is 6.10 Å². The first-order valence-electron chi connectivity index (χ1n) is 6.66. The Balaban J connectivity index is 2.01. The lowest BCUT2D eigenvalue weighted by atomic mass is 9.99. The minimum absolute atomic E-state index is 0.497. The Morgan fingerprint density at radius 2 is 1.84 bits per heavy atom. The standard InChI is InChI=1S/C15H21N3O/c1-11(2)8-12-4-6-13(7-5-12)15(19)9-14-10-18(3)17-16-14/h4-7,10-11,15,19H,8-9H2,1-3H3. The summed E-state index contributed by atoms with van der Waals surface area (Å²) >= 11 is 0. The van der Waals surface area contributed by atoms with Crippen molar-refractivity contribution in [3.8, 4) is 0 Å². The first-order chi connectivity index (χ1) is 9.04. The number of aromatic nitrogens is 3. The van der Waals surface area contributed by atoms with Crippen molar-refractivity contribution in [1.82, 2.24) is 15.0 Å². The molecule has 1 unspecified atom stereocenters. The number of hydrogen-bond donors (Lipinski definition) is 1. The molecule has 0 aliphatic carbocycles. The Hall–Kier alpha value is -1.68. The molecule has 0 aliphatic rings. The third-order valence-corrected chi connectivity index (χ3v) is 3.06. The van der Waals surface area contributed by atoms with Gasteiger partial charge in [0.15, 0.2) is 0 Å². The van der Waals surface area contributed by atoms with Crippen molar-refractivity contribution in [2.75, 3.05) is 0 Å². The van der Waals surface area contributed by atoms with Gasteiger partial charge < -0.3 is 5.11 Å². The zero-order chi connectivity index (χ0) is 13.8. The number of rotatable bonds is 5. The second kappa shape index (κ2) is 5.97. The molecule has 0 bridgehead atoms. The Morgan fingerprint density at radius 3 is 2.37 bits per heavy atom. The van der Waals surface area contributed by atoms with Gasteiger partial charge in [0.25, 0.3) is 0 Å². The molecule has 4 heteroatoms. The fourth-order valence-corrected chi connectivity index (χ4v) is 2.15. The number of aliphatic hydroxyl groups excluding tert-OH is 1. The molecule has 4 nitrogen and oxygen atoms in total. The molecule has 19 heavy (non-hydrogen) atoms. The van der Waals surface area contributed by atoms with Crippen molar-refractivity contribution in [2.24, 2.45) is 13.0 Å². The van der Waals surface area contributed by atoms with E-state index in [1.807, 2.05) is 25.4 Å². The summed E-state index contributed by atoms with van der Waals surface area (Å²) in [6.45, 7) is 4.41. The zero-order valence-corrected chi connectivity index (χ0v) is 11.7. The van der Waals surface area contributed by atoms with Crippen LogP contribution < -0.4 is 0 Å². The smallest absolute Gasteiger partial charge is 0.0856 e. The van der Waals surface area contributed by atoms with Gasteiger partial charge in [-0.2, -0.15) is 0 Å². The normalized spacial score (nSPS) is 12.9. The molecule has 1 atom stereocenters. The summed E-state index contributed by atoms with van der Waals surface area (Å²) in [5.41, 5.74) is 3.05. The third-order valence-electron chi connectivity index (χ3n) is 3.06. The van der Waals surface area contributed by atoms with Gasteiger partial charge >= 0.3 is 0 Å². The Kier molecular flexibility index (Phi) is 4.32. The van der Waals surface area contributed by atoms with Crippen molar-refractivity contribution in [1.29, 1.82) is 0 Å². The van der Waals surface area contributed by atoms with Crippen LogP contribution in [-0.4, -0.2) is 20.1 Å². The lowest BCUT2D eigenvalue weighted by Gasteiger charge is -2.11. The predicted molar refractivity (Wildman–Crippen MR) is 74.7 cm³/mol. The second-order valence-electron chi connectivity index (χ2n) is 5.44. The predicted octanol–water partition coefficient (Wildman–Crippen LogP) is 2.29. The Morgan fingerprint density at radius 1 is 1.16 bits per heavy atom. The van der Waals surface area contributed by atoms with Crippen LogP contribution in [0.3, 0.4) is 0 Å². The fraction of sp³-hybridized carbons (Fsp3) is 0.467. The van der Waals surface area contributed by atoms with Gasteiger partial charge in [0, 0.05) is 19.7 Å². The summed E-state index contributed by atoms with van der Waals surface area (Å²) in [6.07, 6.45) is 2.87. The van der Waals surface area contributed by atoms with E-state index in [0.717, 1.165) is 17.7 Å². The van der Waals surface area contributed by atoms with E-state index >= 15 is 0 Å². The van der Waals surface area contributed by atoms with Crippen molar-refractivity contribution in [2.45, 2.75) is 32.8 Å². The van der Waals surface area contributed by atoms with E-state index in [1.165, 1.54) is 5.56 Å². The highest BCUT2D eigenvalue weighted by atomic mass is 16.3. The average molecular weight is 259 g/mol. The van der Waals surface area contributed by atoms with Gasteiger partial charge in [-0.3, -0.25) is 4.68 Å². The quantitative estimate of drug-likeness (QED) is 0.896. The van der Waals surface area contributed by atoms with Crippen molar-refractivity contribution >= 4 is 0 Å². The molecule has 1 N–H and O–H groups in total. The molecule has 0 radical (unpaired) electrons. The van der Waals surface area contributed by atoms with Crippen LogP contribution in [0.2, 0.25) is 0 Å². The maximum atomic E-state index is 10.2. The van der Waals surface area contributed by atoms with Gasteiger partial charge in [-0.05, 0) is 23.5 Å². The number of nitrogens with zero attached hydrogens (tertiary/aromatic N) is 3. The van der Waals surface area contributed by atoms with Gasteiger partial charge in [-0.1, -0.05) is 43.3 Å². The Bertz CT molecular complexity index is 516. The summed E-state index contributed by atoms with van der Waals surface area (Å²) in [6, 6.07) is 8.18. The van der Waals surface area contributed by atoms with Gasteiger partial charge in [0.1, 0.15) is 0 Å². The number of aryl methyl sites for hydroxylation is 1. The summed E-state index contributed by atoms with van der Waals surface area (Å²) in [5.74, 6) is 0.648. The van der Waals surface area contributed by atoms with Crippen LogP contribution in [-0.2, 0) is 19.9 Å². The molecule has 0 saturated carbocycles. The summed E-state index contributed by atoms with van der Waals surface area (Å²) in [5, 5.41) is 18.0. The fourth-order valence-electron chi connectivity index (χ4n) is 2.15. The molecular weight excluding hydrogens is 238 g/mol. The molecule has 102 valence electrons. The molecular formula is C15H21N3O. The molecule has 1 heterocycles. The summed E-state index contributed by atoms with van der Waals surface area (Å²) < 4.78 is 1.65. The van der Waals surface area contributed by atoms with Gasteiger partial charge in [-0.15, -0.1) is 5.10 Å². The van der Waals surface area contributed by atoms with Crippen LogP contribution in [0.25, 0.3) is 0 Å². The van der Waals surface area contributed by atoms with Crippen molar-refractivity contribution in [3.05, 3.63) is 47.3 Å². The topological polar surface area (TPSA) is 50.9 Å². The zero-order valence-electron chi connectivity index (χ0n) is 11.7. The first kappa shape index (κ1) is 13.7. The van der Waals surface area contributed by atoms with Gasteiger partial charge in [0.2, 0.25) is 0 Å². The van der Waals surface area contributed by atoms with Crippen LogP contribution >= 0.6 is 0 Å². The minimum atomic E-state index is -0.523. The van der Waals surface area contributed by atoms with Crippen molar-refractivity contribution < 1.29 is 5.11 Å². The molecule has 0 spiro atoms. The van der Waals surface area contributed by atoms with Crippen LogP contribution in [0.5, 0.6) is 0 Å². The molecule has 0 fully saturated rings. The molecule has 1 aromatic carbocycles. The van der Waals surface area contributed by atoms with E-state index in [4.69, 9.17) is 0 Å². The minimum Gasteiger partial charge on any atom is -0.388 e. The second-order valence-corrected chi connectivity index (χ2v) is 5.44. The number of benzene rings is 1. The highest BCUT2D eigenvalue weighted by Crippen LogP contribution is 2.18. The molecule has 2 aromatic rings. The maximum Gasteiger partial charge on any atom is 0.0856 e. The largest absolute Gasteiger partial charge is 0.388 e. The van der Waals surface area contributed by atoms with Crippen molar-refractivity contribution in [3.63, 3.8) is 0 Å². The first-order valence-corrected chi connectivity index (χ1v) is 6.66. The van der Waals surface area contributed by atoms with E-state index in [0.29, 0.717) is 12.3 Å². The average Bonchev–Trinajstić information content (AvgIpc) is 2.75. The number of aliphatic hydroxyl groups is 1. The Labute approximate surface area is 114 Å². The molecule has 2 rings (SSSR count). The van der Waals surface area contributed by atoms with E-state index in [-0.39, 0.29) is 0 Å². The van der Waals surface area contributed by atoms with Gasteiger partial charge in [0.05, 0.1) is 11.8 Å². The number of hydrogen-bond acceptors (Lipinski definition) is 3. The lowest BCUT2D eigenvalue weighted by molar-refractivity contribution is 0.177. The lowest BCUT2D eigenvalue weighted by Crippen LogP contribution is -2.03. The van der Waals surface area contributed by atoms with Gasteiger partial charge in [-0.25, -0.2) is 0 Å². The molecule has 0 saturated heterocycles. The molecule has 0 aliphatic heterocycles. The van der Waals surface area contributed by atoms with Crippen LogP contribution in [0.4, 0.5) is 0 Å². The highest BCUT2D eigenvalue weighted by Gasteiger charge is 2.11. The molecule has 1 aromatic heterocycles. The van der Waals surface area contributed by atoms with E-state index in [1.54, 1.807) is 4.68 Å². The third kappa shape index (κ3) is 3.89.